The van der Waals surface area contributed by atoms with Crippen LogP contribution in [0.15, 0.2) is 54.6 Å². The maximum Gasteiger partial charge on any atom is 0.0368 e. The normalized spacial score (nSPS) is 20.1. The molecule has 144 valence electrons. The Morgan fingerprint density at radius 1 is 0.778 bits per heavy atom. The van der Waals surface area contributed by atoms with Crippen LogP contribution in [0.4, 0.5) is 11.4 Å². The van der Waals surface area contributed by atoms with Gasteiger partial charge in [-0.2, -0.15) is 0 Å². The Labute approximate surface area is 163 Å². The first-order valence-corrected chi connectivity index (χ1v) is 10.4. The molecule has 4 rings (SSSR count). The number of nitrogens with zero attached hydrogens (tertiary/aromatic N) is 3. The monoisotopic (exact) mass is 364 g/mol. The van der Waals surface area contributed by atoms with Crippen LogP contribution in [0.2, 0.25) is 0 Å². The molecule has 0 atom stereocenters. The van der Waals surface area contributed by atoms with Crippen molar-refractivity contribution in [1.29, 1.82) is 0 Å². The third-order valence-electron chi connectivity index (χ3n) is 6.21. The number of hydrogen-bond donors (Lipinski definition) is 1. The van der Waals surface area contributed by atoms with Crippen molar-refractivity contribution >= 4 is 11.4 Å². The average Bonchev–Trinajstić information content (AvgIpc) is 2.74. The van der Waals surface area contributed by atoms with Crippen LogP contribution in [0, 0.1) is 0 Å². The van der Waals surface area contributed by atoms with Gasteiger partial charge in [0.25, 0.3) is 0 Å². The molecule has 0 bridgehead atoms. The fourth-order valence-corrected chi connectivity index (χ4v) is 4.47. The molecule has 0 amide bonds. The second kappa shape index (κ2) is 8.77. The second-order valence-electron chi connectivity index (χ2n) is 7.92. The van der Waals surface area contributed by atoms with Gasteiger partial charge in [0.2, 0.25) is 0 Å². The van der Waals surface area contributed by atoms with E-state index < -0.39 is 0 Å². The van der Waals surface area contributed by atoms with Crippen molar-refractivity contribution in [3.8, 4) is 0 Å². The van der Waals surface area contributed by atoms with Crippen molar-refractivity contribution in [2.75, 3.05) is 56.4 Å². The molecule has 2 saturated heterocycles. The van der Waals surface area contributed by atoms with Crippen LogP contribution in [0.5, 0.6) is 0 Å². The Balaban J connectivity index is 1.20. The minimum atomic E-state index is 0.770. The zero-order valence-electron chi connectivity index (χ0n) is 16.3. The van der Waals surface area contributed by atoms with Crippen LogP contribution in [0.25, 0.3) is 0 Å². The summed E-state index contributed by atoms with van der Waals surface area (Å²) in [5.74, 6) is 0. The van der Waals surface area contributed by atoms with Gasteiger partial charge < -0.3 is 15.5 Å². The Morgan fingerprint density at radius 2 is 1.44 bits per heavy atom. The van der Waals surface area contributed by atoms with Crippen molar-refractivity contribution in [3.63, 3.8) is 0 Å². The number of piperidine rings is 1. The van der Waals surface area contributed by atoms with E-state index in [1.165, 1.54) is 63.2 Å². The van der Waals surface area contributed by atoms with Gasteiger partial charge in [-0.3, -0.25) is 4.90 Å². The topological polar surface area (TPSA) is 35.7 Å². The van der Waals surface area contributed by atoms with E-state index in [0.717, 1.165) is 24.8 Å². The van der Waals surface area contributed by atoms with Gasteiger partial charge >= 0.3 is 0 Å². The molecule has 0 unspecified atom stereocenters. The van der Waals surface area contributed by atoms with Crippen molar-refractivity contribution < 1.29 is 0 Å². The number of benzene rings is 2. The minimum absolute atomic E-state index is 0.770. The third-order valence-corrected chi connectivity index (χ3v) is 6.21. The molecule has 0 radical (unpaired) electrons. The maximum atomic E-state index is 5.81. The van der Waals surface area contributed by atoms with E-state index >= 15 is 0 Å². The summed E-state index contributed by atoms with van der Waals surface area (Å²) in [5.41, 5.74) is 9.42. The lowest BCUT2D eigenvalue weighted by molar-refractivity contribution is 0.104. The molecule has 2 aromatic rings. The molecular formula is C23H32N4. The summed E-state index contributed by atoms with van der Waals surface area (Å²) in [6.07, 6.45) is 3.80. The highest BCUT2D eigenvalue weighted by atomic mass is 15.3. The van der Waals surface area contributed by atoms with Crippen molar-refractivity contribution in [2.45, 2.75) is 25.3 Å². The van der Waals surface area contributed by atoms with E-state index in [9.17, 15) is 0 Å². The molecule has 4 nitrogen and oxygen atoms in total. The molecule has 2 N–H and O–H groups in total. The molecule has 2 fully saturated rings. The number of piperazine rings is 1. The molecule has 2 heterocycles. The number of nitrogens with two attached hydrogens (primary N) is 1. The molecule has 0 aromatic heterocycles. The van der Waals surface area contributed by atoms with E-state index in [4.69, 9.17) is 5.73 Å². The molecule has 4 heteroatoms. The second-order valence-corrected chi connectivity index (χ2v) is 7.92. The summed E-state index contributed by atoms with van der Waals surface area (Å²) in [6.45, 7) is 8.29. The van der Waals surface area contributed by atoms with E-state index in [0.29, 0.717) is 0 Å². The Kier molecular flexibility index (Phi) is 5.95. The summed E-state index contributed by atoms with van der Waals surface area (Å²) in [7, 11) is 0. The van der Waals surface area contributed by atoms with Crippen LogP contribution in [0.3, 0.4) is 0 Å². The predicted octanol–water partition coefficient (Wildman–Crippen LogP) is 3.10. The Morgan fingerprint density at radius 3 is 2.11 bits per heavy atom. The van der Waals surface area contributed by atoms with Crippen molar-refractivity contribution in [1.82, 2.24) is 9.80 Å². The largest absolute Gasteiger partial charge is 0.399 e. The fourth-order valence-electron chi connectivity index (χ4n) is 4.47. The first-order chi connectivity index (χ1) is 13.3. The van der Waals surface area contributed by atoms with Crippen LogP contribution < -0.4 is 10.6 Å². The summed E-state index contributed by atoms with van der Waals surface area (Å²) < 4.78 is 0. The van der Waals surface area contributed by atoms with Gasteiger partial charge in [-0.25, -0.2) is 0 Å². The third kappa shape index (κ3) is 4.82. The Hall–Kier alpha value is -2.04. The smallest absolute Gasteiger partial charge is 0.0368 e. The molecular weight excluding hydrogens is 332 g/mol. The highest BCUT2D eigenvalue weighted by molar-refractivity contribution is 5.53. The number of hydrogen-bond acceptors (Lipinski definition) is 4. The minimum Gasteiger partial charge on any atom is -0.399 e. The standard InChI is InChI=1S/C23H32N4/c24-21-6-8-22(9-7-21)26-16-18-27(19-17-26)23-11-14-25(15-12-23)13-10-20-4-2-1-3-5-20/h1-9,23H,10-19,24H2. The fraction of sp³-hybridized carbons (Fsp3) is 0.478. The molecule has 0 spiro atoms. The molecule has 0 saturated carbocycles. The molecule has 27 heavy (non-hydrogen) atoms. The summed E-state index contributed by atoms with van der Waals surface area (Å²) in [5, 5.41) is 0. The highest BCUT2D eigenvalue weighted by Gasteiger charge is 2.27. The lowest BCUT2D eigenvalue weighted by Gasteiger charge is -2.43. The Bertz CT molecular complexity index is 684. The van der Waals surface area contributed by atoms with E-state index in [1.807, 2.05) is 12.1 Å². The van der Waals surface area contributed by atoms with E-state index in [1.54, 1.807) is 0 Å². The van der Waals surface area contributed by atoms with Gasteiger partial charge in [0.15, 0.2) is 0 Å². The van der Waals surface area contributed by atoms with Crippen LogP contribution in [-0.4, -0.2) is 61.7 Å². The van der Waals surface area contributed by atoms with Gasteiger partial charge in [-0.1, -0.05) is 30.3 Å². The summed E-state index contributed by atoms with van der Waals surface area (Å²) >= 11 is 0. The average molecular weight is 365 g/mol. The first-order valence-electron chi connectivity index (χ1n) is 10.4. The van der Waals surface area contributed by atoms with E-state index in [2.05, 4.69) is 57.2 Å². The van der Waals surface area contributed by atoms with Crippen molar-refractivity contribution in [2.24, 2.45) is 0 Å². The van der Waals surface area contributed by atoms with Gasteiger partial charge in [-0.15, -0.1) is 0 Å². The van der Waals surface area contributed by atoms with Crippen molar-refractivity contribution in [3.05, 3.63) is 60.2 Å². The quantitative estimate of drug-likeness (QED) is 0.827. The van der Waals surface area contributed by atoms with Gasteiger partial charge in [0.05, 0.1) is 0 Å². The molecule has 2 aromatic carbocycles. The maximum absolute atomic E-state index is 5.81. The molecule has 2 aliphatic heterocycles. The summed E-state index contributed by atoms with van der Waals surface area (Å²) in [6, 6.07) is 20.0. The number of rotatable bonds is 5. The zero-order chi connectivity index (χ0) is 18.5. The lowest BCUT2D eigenvalue weighted by atomic mass is 10.0. The van der Waals surface area contributed by atoms with Gasteiger partial charge in [0.1, 0.15) is 0 Å². The molecule has 2 aliphatic rings. The zero-order valence-corrected chi connectivity index (χ0v) is 16.3. The highest BCUT2D eigenvalue weighted by Crippen LogP contribution is 2.22. The van der Waals surface area contributed by atoms with Crippen LogP contribution >= 0.6 is 0 Å². The SMILES string of the molecule is Nc1ccc(N2CCN(C3CCN(CCc4ccccc4)CC3)CC2)cc1. The van der Waals surface area contributed by atoms with E-state index in [-0.39, 0.29) is 0 Å². The number of nitrogen functional groups attached to an aromatic ring is 1. The first kappa shape index (κ1) is 18.3. The summed E-state index contributed by atoms with van der Waals surface area (Å²) in [4.78, 5) is 7.86. The number of likely N-dealkylation sites (tertiary alicyclic amines) is 1. The van der Waals surface area contributed by atoms with Gasteiger partial charge in [-0.05, 0) is 62.2 Å². The predicted molar refractivity (Wildman–Crippen MR) is 114 cm³/mol. The molecule has 0 aliphatic carbocycles. The van der Waals surface area contributed by atoms with Crippen LogP contribution in [0.1, 0.15) is 18.4 Å². The van der Waals surface area contributed by atoms with Crippen LogP contribution in [-0.2, 0) is 6.42 Å². The number of anilines is 2. The van der Waals surface area contributed by atoms with Gasteiger partial charge in [0, 0.05) is 50.1 Å². The lowest BCUT2D eigenvalue weighted by Crippen LogP contribution is -2.53.